The first-order valence-electron chi connectivity index (χ1n) is 11.7. The normalized spacial score (nSPS) is 9.94. The van der Waals surface area contributed by atoms with Crippen LogP contribution in [0.25, 0.3) is 34.9 Å². The standard InChI is InChI=1S/C24H22N6.2C2H6.V/c1-15-25-16(2)28-23(27-15)21-11-7-19(8-12-21)5-6-20-9-13-22(14-10-20)24-29-17(3)26-18(4)30-24;2*1-2;/h5-14H,1-4H3;2*1-2H3;. The van der Waals surface area contributed by atoms with Crippen molar-refractivity contribution in [2.75, 3.05) is 0 Å². The number of hydrogen-bond acceptors (Lipinski definition) is 6. The van der Waals surface area contributed by atoms with Crippen molar-refractivity contribution in [3.63, 3.8) is 0 Å². The molecule has 0 aliphatic rings. The molecular weight excluding hydrogens is 471 g/mol. The predicted octanol–water partition coefficient (Wildman–Crippen LogP) is 6.84. The van der Waals surface area contributed by atoms with Gasteiger partial charge in [-0.3, -0.25) is 0 Å². The minimum atomic E-state index is 0. The third kappa shape index (κ3) is 8.82. The first kappa shape index (κ1) is 29.8. The smallest absolute Gasteiger partial charge is 0.163 e. The zero-order valence-electron chi connectivity index (χ0n) is 21.9. The minimum absolute atomic E-state index is 0. The van der Waals surface area contributed by atoms with Gasteiger partial charge in [-0.1, -0.05) is 88.4 Å². The van der Waals surface area contributed by atoms with Gasteiger partial charge in [-0.05, 0) is 38.8 Å². The first-order chi connectivity index (χ1) is 16.5. The van der Waals surface area contributed by atoms with Gasteiger partial charge in [0, 0.05) is 29.7 Å². The van der Waals surface area contributed by atoms with E-state index in [2.05, 4.69) is 66.3 Å². The second-order valence-electron chi connectivity index (χ2n) is 7.08. The molecule has 181 valence electrons. The Kier molecular flexibility index (Phi) is 12.7. The van der Waals surface area contributed by atoms with Crippen LogP contribution in [0.3, 0.4) is 0 Å². The van der Waals surface area contributed by atoms with Crippen molar-refractivity contribution >= 4 is 12.2 Å². The van der Waals surface area contributed by atoms with Crippen molar-refractivity contribution in [2.24, 2.45) is 0 Å². The van der Waals surface area contributed by atoms with Crippen molar-refractivity contribution in [3.8, 4) is 22.8 Å². The van der Waals surface area contributed by atoms with E-state index >= 15 is 0 Å². The molecule has 4 aromatic rings. The van der Waals surface area contributed by atoms with E-state index in [1.165, 1.54) is 0 Å². The molecule has 0 saturated carbocycles. The first-order valence-corrected chi connectivity index (χ1v) is 11.7. The fourth-order valence-corrected chi connectivity index (χ4v) is 3.17. The summed E-state index contributed by atoms with van der Waals surface area (Å²) in [5, 5.41) is 0. The van der Waals surface area contributed by atoms with Crippen LogP contribution in [-0.2, 0) is 18.6 Å². The maximum Gasteiger partial charge on any atom is 0.163 e. The van der Waals surface area contributed by atoms with Crippen LogP contribution in [0.4, 0.5) is 0 Å². The number of benzene rings is 2. The van der Waals surface area contributed by atoms with E-state index in [4.69, 9.17) is 0 Å². The summed E-state index contributed by atoms with van der Waals surface area (Å²) in [7, 11) is 0. The van der Waals surface area contributed by atoms with Crippen molar-refractivity contribution in [2.45, 2.75) is 55.4 Å². The van der Waals surface area contributed by atoms with Gasteiger partial charge in [-0.25, -0.2) is 29.9 Å². The molecule has 0 unspecified atom stereocenters. The Morgan fingerprint density at radius 3 is 0.943 bits per heavy atom. The van der Waals surface area contributed by atoms with Gasteiger partial charge < -0.3 is 0 Å². The van der Waals surface area contributed by atoms with E-state index in [1.54, 1.807) is 0 Å². The molecule has 1 radical (unpaired) electrons. The molecule has 0 spiro atoms. The van der Waals surface area contributed by atoms with Crippen LogP contribution in [0.5, 0.6) is 0 Å². The maximum atomic E-state index is 4.42. The Labute approximate surface area is 221 Å². The van der Waals surface area contributed by atoms with Crippen LogP contribution in [0.15, 0.2) is 48.5 Å². The van der Waals surface area contributed by atoms with Gasteiger partial charge in [0.05, 0.1) is 0 Å². The summed E-state index contributed by atoms with van der Waals surface area (Å²) >= 11 is 0. The third-order valence-corrected chi connectivity index (χ3v) is 4.52. The van der Waals surface area contributed by atoms with Gasteiger partial charge in [0.1, 0.15) is 23.3 Å². The summed E-state index contributed by atoms with van der Waals surface area (Å²) in [5.41, 5.74) is 4.17. The van der Waals surface area contributed by atoms with E-state index in [-0.39, 0.29) is 18.6 Å². The summed E-state index contributed by atoms with van der Waals surface area (Å²) in [6, 6.07) is 16.4. The molecule has 0 aliphatic carbocycles. The van der Waals surface area contributed by atoms with Crippen molar-refractivity contribution in [1.82, 2.24) is 29.9 Å². The van der Waals surface area contributed by atoms with Crippen LogP contribution in [0.1, 0.15) is 62.1 Å². The van der Waals surface area contributed by atoms with E-state index in [1.807, 2.05) is 79.7 Å². The van der Waals surface area contributed by atoms with Gasteiger partial charge in [0.25, 0.3) is 0 Å². The number of aromatic nitrogens is 6. The zero-order valence-corrected chi connectivity index (χ0v) is 23.3. The van der Waals surface area contributed by atoms with Gasteiger partial charge in [-0.2, -0.15) is 0 Å². The molecule has 4 rings (SSSR count). The summed E-state index contributed by atoms with van der Waals surface area (Å²) < 4.78 is 0. The molecule has 0 amide bonds. The Morgan fingerprint density at radius 1 is 0.429 bits per heavy atom. The molecule has 0 N–H and O–H groups in total. The van der Waals surface area contributed by atoms with E-state index in [0.717, 1.165) is 45.6 Å². The number of hydrogen-bond donors (Lipinski definition) is 0. The molecule has 0 bridgehead atoms. The number of rotatable bonds is 4. The monoisotopic (exact) mass is 505 g/mol. The predicted molar refractivity (Wildman–Crippen MR) is 141 cm³/mol. The van der Waals surface area contributed by atoms with Crippen LogP contribution >= 0.6 is 0 Å². The average Bonchev–Trinajstić information content (AvgIpc) is 2.85. The van der Waals surface area contributed by atoms with Gasteiger partial charge in [0.2, 0.25) is 0 Å². The number of aryl methyl sites for hydroxylation is 4. The van der Waals surface area contributed by atoms with Crippen LogP contribution in [0, 0.1) is 27.7 Å². The molecular formula is C28H34N6V. The summed E-state index contributed by atoms with van der Waals surface area (Å²) in [6.45, 7) is 15.5. The maximum absolute atomic E-state index is 4.42. The Balaban J connectivity index is 0.00000117. The molecule has 0 atom stereocenters. The molecule has 0 aliphatic heterocycles. The summed E-state index contributed by atoms with van der Waals surface area (Å²) in [6.07, 6.45) is 4.17. The average molecular weight is 506 g/mol. The Bertz CT molecular complexity index is 1080. The molecule has 2 aromatic heterocycles. The molecule has 35 heavy (non-hydrogen) atoms. The molecule has 2 aromatic carbocycles. The minimum Gasteiger partial charge on any atom is -0.219 e. The molecule has 6 nitrogen and oxygen atoms in total. The van der Waals surface area contributed by atoms with E-state index in [9.17, 15) is 0 Å². The van der Waals surface area contributed by atoms with Crippen molar-refractivity contribution in [3.05, 3.63) is 83.0 Å². The van der Waals surface area contributed by atoms with Gasteiger partial charge in [0.15, 0.2) is 11.6 Å². The summed E-state index contributed by atoms with van der Waals surface area (Å²) in [5.74, 6) is 4.32. The van der Waals surface area contributed by atoms with E-state index in [0.29, 0.717) is 11.6 Å². The fourth-order valence-electron chi connectivity index (χ4n) is 3.17. The van der Waals surface area contributed by atoms with Crippen molar-refractivity contribution in [1.29, 1.82) is 0 Å². The Morgan fingerprint density at radius 2 is 0.686 bits per heavy atom. The third-order valence-electron chi connectivity index (χ3n) is 4.52. The van der Waals surface area contributed by atoms with Crippen LogP contribution in [-0.4, -0.2) is 29.9 Å². The van der Waals surface area contributed by atoms with Gasteiger partial charge in [-0.15, -0.1) is 0 Å². The van der Waals surface area contributed by atoms with Crippen LogP contribution < -0.4 is 0 Å². The SMILES string of the molecule is CC.CC.Cc1nc(C)nc(-c2ccc(C=Cc3ccc(-c4nc(C)nc(C)n4)cc3)cc2)n1.[V]. The molecule has 2 heterocycles. The molecule has 0 saturated heterocycles. The van der Waals surface area contributed by atoms with Crippen molar-refractivity contribution < 1.29 is 18.6 Å². The quantitative estimate of drug-likeness (QED) is 0.283. The Hall–Kier alpha value is -3.22. The zero-order chi connectivity index (χ0) is 25.1. The topological polar surface area (TPSA) is 77.3 Å². The van der Waals surface area contributed by atoms with Gasteiger partial charge >= 0.3 is 0 Å². The summed E-state index contributed by atoms with van der Waals surface area (Å²) in [4.78, 5) is 26.1. The fraction of sp³-hybridized carbons (Fsp3) is 0.286. The molecule has 7 heteroatoms. The second kappa shape index (κ2) is 14.9. The number of nitrogens with zero attached hydrogens (tertiary/aromatic N) is 6. The largest absolute Gasteiger partial charge is 0.219 e. The van der Waals surface area contributed by atoms with E-state index < -0.39 is 0 Å². The second-order valence-corrected chi connectivity index (χ2v) is 7.08. The molecule has 0 fully saturated rings. The van der Waals surface area contributed by atoms with Crippen LogP contribution in [0.2, 0.25) is 0 Å².